The van der Waals surface area contributed by atoms with Gasteiger partial charge in [0, 0.05) is 24.5 Å². The molecule has 2 rings (SSSR count). The normalized spacial score (nSPS) is 10.3. The summed E-state index contributed by atoms with van der Waals surface area (Å²) in [5.41, 5.74) is 9.68. The van der Waals surface area contributed by atoms with E-state index in [-0.39, 0.29) is 5.91 Å². The fraction of sp³-hybridized carbons (Fsp3) is 0.278. The molecular formula is C18H23N3O. The van der Waals surface area contributed by atoms with Crippen LogP contribution in [0.4, 0.5) is 11.4 Å². The smallest absolute Gasteiger partial charge is 0.243 e. The van der Waals surface area contributed by atoms with Gasteiger partial charge >= 0.3 is 0 Å². The minimum Gasteiger partial charge on any atom is -0.362 e. The Morgan fingerprint density at radius 2 is 1.95 bits per heavy atom. The lowest BCUT2D eigenvalue weighted by Crippen LogP contribution is -2.33. The summed E-state index contributed by atoms with van der Waals surface area (Å²) in [6.07, 6.45) is 0. The average Bonchev–Trinajstić information content (AvgIpc) is 2.53. The van der Waals surface area contributed by atoms with Crippen LogP contribution in [0, 0.1) is 6.92 Å². The molecule has 0 atom stereocenters. The molecule has 3 N–H and O–H groups in total. The zero-order valence-corrected chi connectivity index (χ0v) is 13.2. The number of likely N-dealkylation sites (N-methyl/N-ethyl adjacent to an activating group) is 1. The van der Waals surface area contributed by atoms with E-state index in [0.717, 1.165) is 23.5 Å². The molecule has 0 saturated heterocycles. The number of amides is 1. The van der Waals surface area contributed by atoms with Crippen LogP contribution in [-0.2, 0) is 11.3 Å². The molecule has 4 heteroatoms. The Labute approximate surface area is 131 Å². The first kappa shape index (κ1) is 16.0. The van der Waals surface area contributed by atoms with Crippen molar-refractivity contribution in [1.82, 2.24) is 0 Å². The van der Waals surface area contributed by atoms with Crippen molar-refractivity contribution >= 4 is 17.3 Å². The van der Waals surface area contributed by atoms with Gasteiger partial charge in [-0.1, -0.05) is 30.3 Å². The van der Waals surface area contributed by atoms with E-state index in [1.807, 2.05) is 42.5 Å². The zero-order chi connectivity index (χ0) is 15.9. The SMILES string of the molecule is CCN(CC(=O)Nc1cccc(CN)c1)c1ccccc1C. The molecule has 0 bridgehead atoms. The van der Waals surface area contributed by atoms with E-state index >= 15 is 0 Å². The van der Waals surface area contributed by atoms with Crippen molar-refractivity contribution in [3.63, 3.8) is 0 Å². The Morgan fingerprint density at radius 3 is 2.64 bits per heavy atom. The first-order valence-electron chi connectivity index (χ1n) is 7.53. The Hall–Kier alpha value is -2.33. The number of para-hydroxylation sites is 1. The van der Waals surface area contributed by atoms with Gasteiger partial charge in [-0.15, -0.1) is 0 Å². The summed E-state index contributed by atoms with van der Waals surface area (Å²) in [6.45, 7) is 5.68. The Morgan fingerprint density at radius 1 is 1.18 bits per heavy atom. The van der Waals surface area contributed by atoms with Crippen LogP contribution in [0.15, 0.2) is 48.5 Å². The number of hydrogen-bond acceptors (Lipinski definition) is 3. The van der Waals surface area contributed by atoms with Crippen molar-refractivity contribution in [3.05, 3.63) is 59.7 Å². The maximum absolute atomic E-state index is 12.3. The Kier molecular flexibility index (Phi) is 5.55. The van der Waals surface area contributed by atoms with Crippen LogP contribution >= 0.6 is 0 Å². The molecule has 4 nitrogen and oxygen atoms in total. The highest BCUT2D eigenvalue weighted by Crippen LogP contribution is 2.19. The van der Waals surface area contributed by atoms with E-state index < -0.39 is 0 Å². The van der Waals surface area contributed by atoms with Gasteiger partial charge in [-0.05, 0) is 43.2 Å². The Balaban J connectivity index is 2.05. The van der Waals surface area contributed by atoms with Crippen LogP contribution in [0.2, 0.25) is 0 Å². The molecule has 2 aromatic carbocycles. The average molecular weight is 297 g/mol. The zero-order valence-electron chi connectivity index (χ0n) is 13.2. The number of nitrogens with zero attached hydrogens (tertiary/aromatic N) is 1. The van der Waals surface area contributed by atoms with Crippen molar-refractivity contribution in [2.75, 3.05) is 23.3 Å². The molecule has 0 aliphatic carbocycles. The molecule has 0 radical (unpaired) electrons. The summed E-state index contributed by atoms with van der Waals surface area (Å²) < 4.78 is 0. The number of nitrogens with one attached hydrogen (secondary N) is 1. The summed E-state index contributed by atoms with van der Waals surface area (Å²) >= 11 is 0. The van der Waals surface area contributed by atoms with Crippen LogP contribution in [0.5, 0.6) is 0 Å². The maximum Gasteiger partial charge on any atom is 0.243 e. The van der Waals surface area contributed by atoms with Crippen molar-refractivity contribution in [2.24, 2.45) is 5.73 Å². The summed E-state index contributed by atoms with van der Waals surface area (Å²) in [4.78, 5) is 14.3. The van der Waals surface area contributed by atoms with E-state index in [0.29, 0.717) is 13.1 Å². The standard InChI is InChI=1S/C18H23N3O/c1-3-21(17-10-5-4-7-14(17)2)13-18(22)20-16-9-6-8-15(11-16)12-19/h4-11H,3,12-13,19H2,1-2H3,(H,20,22). The van der Waals surface area contributed by atoms with E-state index in [2.05, 4.69) is 30.1 Å². The van der Waals surface area contributed by atoms with E-state index in [1.54, 1.807) is 0 Å². The minimum absolute atomic E-state index is 0.0284. The highest BCUT2D eigenvalue weighted by atomic mass is 16.2. The van der Waals surface area contributed by atoms with Gasteiger partial charge in [0.05, 0.1) is 6.54 Å². The van der Waals surface area contributed by atoms with Gasteiger partial charge in [-0.2, -0.15) is 0 Å². The molecule has 0 aromatic heterocycles. The second-order valence-electron chi connectivity index (χ2n) is 5.25. The van der Waals surface area contributed by atoms with Crippen molar-refractivity contribution < 1.29 is 4.79 Å². The molecule has 0 fully saturated rings. The first-order chi connectivity index (χ1) is 10.6. The van der Waals surface area contributed by atoms with Gasteiger partial charge in [0.15, 0.2) is 0 Å². The molecule has 0 unspecified atom stereocenters. The van der Waals surface area contributed by atoms with Crippen LogP contribution in [-0.4, -0.2) is 19.0 Å². The lowest BCUT2D eigenvalue weighted by Gasteiger charge is -2.24. The van der Waals surface area contributed by atoms with Crippen molar-refractivity contribution in [3.8, 4) is 0 Å². The molecule has 2 aromatic rings. The largest absolute Gasteiger partial charge is 0.362 e. The maximum atomic E-state index is 12.3. The van der Waals surface area contributed by atoms with Gasteiger partial charge in [-0.3, -0.25) is 4.79 Å². The molecule has 116 valence electrons. The molecule has 0 heterocycles. The second-order valence-corrected chi connectivity index (χ2v) is 5.25. The highest BCUT2D eigenvalue weighted by molar-refractivity contribution is 5.94. The van der Waals surface area contributed by atoms with E-state index in [1.165, 1.54) is 5.56 Å². The lowest BCUT2D eigenvalue weighted by molar-refractivity contribution is -0.115. The number of rotatable bonds is 6. The Bertz CT molecular complexity index is 640. The third-order valence-electron chi connectivity index (χ3n) is 3.62. The molecule has 0 aliphatic rings. The lowest BCUT2D eigenvalue weighted by atomic mass is 10.2. The predicted molar refractivity (Wildman–Crippen MR) is 92.0 cm³/mol. The van der Waals surface area contributed by atoms with E-state index in [9.17, 15) is 4.79 Å². The predicted octanol–water partition coefficient (Wildman–Crippen LogP) is 2.92. The van der Waals surface area contributed by atoms with Crippen LogP contribution < -0.4 is 16.0 Å². The number of anilines is 2. The molecule has 0 spiro atoms. The minimum atomic E-state index is -0.0284. The quantitative estimate of drug-likeness (QED) is 0.862. The van der Waals surface area contributed by atoms with Crippen molar-refractivity contribution in [2.45, 2.75) is 20.4 Å². The van der Waals surface area contributed by atoms with Crippen LogP contribution in [0.1, 0.15) is 18.1 Å². The van der Waals surface area contributed by atoms with Gasteiger partial charge in [0.2, 0.25) is 5.91 Å². The van der Waals surface area contributed by atoms with Gasteiger partial charge in [0.1, 0.15) is 0 Å². The fourth-order valence-electron chi connectivity index (χ4n) is 2.44. The third kappa shape index (κ3) is 4.09. The van der Waals surface area contributed by atoms with Crippen LogP contribution in [0.3, 0.4) is 0 Å². The second kappa shape index (κ2) is 7.61. The molecule has 0 saturated carbocycles. The third-order valence-corrected chi connectivity index (χ3v) is 3.62. The number of nitrogens with two attached hydrogens (primary N) is 1. The number of carbonyl (C=O) groups excluding carboxylic acids is 1. The molecule has 22 heavy (non-hydrogen) atoms. The number of aryl methyl sites for hydroxylation is 1. The molecule has 0 aliphatic heterocycles. The fourth-order valence-corrected chi connectivity index (χ4v) is 2.44. The molecule has 1 amide bonds. The molecular weight excluding hydrogens is 274 g/mol. The summed E-state index contributed by atoms with van der Waals surface area (Å²) in [6, 6.07) is 15.7. The van der Waals surface area contributed by atoms with Crippen molar-refractivity contribution in [1.29, 1.82) is 0 Å². The number of hydrogen-bond donors (Lipinski definition) is 2. The van der Waals surface area contributed by atoms with Crippen LogP contribution in [0.25, 0.3) is 0 Å². The number of carbonyl (C=O) groups is 1. The summed E-state index contributed by atoms with van der Waals surface area (Å²) in [5, 5.41) is 2.93. The van der Waals surface area contributed by atoms with Gasteiger partial charge < -0.3 is 16.0 Å². The van der Waals surface area contributed by atoms with Gasteiger partial charge in [0.25, 0.3) is 0 Å². The number of benzene rings is 2. The monoisotopic (exact) mass is 297 g/mol. The topological polar surface area (TPSA) is 58.4 Å². The summed E-state index contributed by atoms with van der Waals surface area (Å²) in [7, 11) is 0. The highest BCUT2D eigenvalue weighted by Gasteiger charge is 2.12. The summed E-state index contributed by atoms with van der Waals surface area (Å²) in [5.74, 6) is -0.0284. The van der Waals surface area contributed by atoms with E-state index in [4.69, 9.17) is 5.73 Å². The van der Waals surface area contributed by atoms with Gasteiger partial charge in [-0.25, -0.2) is 0 Å². The first-order valence-corrected chi connectivity index (χ1v) is 7.53.